The van der Waals surface area contributed by atoms with Crippen LogP contribution in [0.4, 0.5) is 0 Å². The predicted molar refractivity (Wildman–Crippen MR) is 82.9 cm³/mol. The Labute approximate surface area is 128 Å². The number of amides is 1. The Morgan fingerprint density at radius 3 is 2.68 bits per heavy atom. The third-order valence-corrected chi connectivity index (χ3v) is 3.65. The van der Waals surface area contributed by atoms with Gasteiger partial charge in [0.25, 0.3) is 5.91 Å². The lowest BCUT2D eigenvalue weighted by atomic mass is 10.2. The topological polar surface area (TPSA) is 60.1 Å². The first-order valence-corrected chi connectivity index (χ1v) is 7.07. The van der Waals surface area contributed by atoms with Gasteiger partial charge in [0.15, 0.2) is 0 Å². The second-order valence-electron chi connectivity index (χ2n) is 5.09. The van der Waals surface area contributed by atoms with E-state index in [4.69, 9.17) is 4.42 Å². The number of nitrogens with one attached hydrogen (secondary N) is 1. The van der Waals surface area contributed by atoms with Crippen molar-refractivity contribution in [1.82, 2.24) is 15.1 Å². The molecular weight excluding hydrogens is 278 g/mol. The predicted octanol–water partition coefficient (Wildman–Crippen LogP) is 3.01. The molecule has 3 aromatic rings. The molecule has 2 heterocycles. The number of nitrogens with zero attached hydrogens (tertiary/aromatic N) is 2. The molecule has 0 aliphatic carbocycles. The molecule has 112 valence electrons. The SMILES string of the molecule is Cc1nn(-c2ccccc2)c(C)c1CNC(=O)c1ccoc1. The molecule has 0 unspecified atom stereocenters. The van der Waals surface area contributed by atoms with Crippen LogP contribution >= 0.6 is 0 Å². The van der Waals surface area contributed by atoms with E-state index in [0.717, 1.165) is 22.6 Å². The first kappa shape index (κ1) is 14.1. The maximum Gasteiger partial charge on any atom is 0.254 e. The van der Waals surface area contributed by atoms with Gasteiger partial charge in [0, 0.05) is 17.8 Å². The zero-order valence-electron chi connectivity index (χ0n) is 12.5. The summed E-state index contributed by atoms with van der Waals surface area (Å²) < 4.78 is 6.82. The van der Waals surface area contributed by atoms with Crippen molar-refractivity contribution in [2.24, 2.45) is 0 Å². The van der Waals surface area contributed by atoms with Gasteiger partial charge in [-0.2, -0.15) is 5.10 Å². The standard InChI is InChI=1S/C17H17N3O2/c1-12-16(10-18-17(21)14-8-9-22-11-14)13(2)20(19-12)15-6-4-3-5-7-15/h3-9,11H,10H2,1-2H3,(H,18,21). The van der Waals surface area contributed by atoms with Gasteiger partial charge in [-0.3, -0.25) is 4.79 Å². The number of aromatic nitrogens is 2. The van der Waals surface area contributed by atoms with E-state index >= 15 is 0 Å². The molecule has 0 atom stereocenters. The Kier molecular flexibility index (Phi) is 3.78. The number of carbonyl (C=O) groups excluding carboxylic acids is 1. The summed E-state index contributed by atoms with van der Waals surface area (Å²) in [6, 6.07) is 11.6. The lowest BCUT2D eigenvalue weighted by Gasteiger charge is -2.06. The maximum absolute atomic E-state index is 12.0. The van der Waals surface area contributed by atoms with Crippen LogP contribution in [0.3, 0.4) is 0 Å². The molecule has 0 saturated carbocycles. The van der Waals surface area contributed by atoms with Gasteiger partial charge < -0.3 is 9.73 Å². The van der Waals surface area contributed by atoms with E-state index in [0.29, 0.717) is 12.1 Å². The molecule has 0 radical (unpaired) electrons. The summed E-state index contributed by atoms with van der Waals surface area (Å²) in [5.41, 5.74) is 4.49. The van der Waals surface area contributed by atoms with E-state index in [1.165, 1.54) is 12.5 Å². The molecule has 1 amide bonds. The summed E-state index contributed by atoms with van der Waals surface area (Å²) in [7, 11) is 0. The summed E-state index contributed by atoms with van der Waals surface area (Å²) in [5, 5.41) is 7.46. The highest BCUT2D eigenvalue weighted by Crippen LogP contribution is 2.17. The summed E-state index contributed by atoms with van der Waals surface area (Å²) in [6.45, 7) is 4.40. The van der Waals surface area contributed by atoms with Crippen LogP contribution in [0.1, 0.15) is 27.3 Å². The van der Waals surface area contributed by atoms with Crippen molar-refractivity contribution in [2.75, 3.05) is 0 Å². The van der Waals surface area contributed by atoms with Crippen molar-refractivity contribution < 1.29 is 9.21 Å². The highest BCUT2D eigenvalue weighted by atomic mass is 16.3. The smallest absolute Gasteiger partial charge is 0.254 e. The minimum Gasteiger partial charge on any atom is -0.472 e. The van der Waals surface area contributed by atoms with E-state index < -0.39 is 0 Å². The molecule has 5 heteroatoms. The largest absolute Gasteiger partial charge is 0.472 e. The van der Waals surface area contributed by atoms with Gasteiger partial charge in [-0.25, -0.2) is 4.68 Å². The van der Waals surface area contributed by atoms with E-state index in [2.05, 4.69) is 10.4 Å². The molecule has 22 heavy (non-hydrogen) atoms. The monoisotopic (exact) mass is 295 g/mol. The van der Waals surface area contributed by atoms with Crippen LogP contribution in [0.2, 0.25) is 0 Å². The molecular formula is C17H17N3O2. The highest BCUT2D eigenvalue weighted by molar-refractivity contribution is 5.93. The summed E-state index contributed by atoms with van der Waals surface area (Å²) in [4.78, 5) is 12.0. The Morgan fingerprint density at radius 2 is 2.00 bits per heavy atom. The van der Waals surface area contributed by atoms with Crippen molar-refractivity contribution in [2.45, 2.75) is 20.4 Å². The van der Waals surface area contributed by atoms with Crippen LogP contribution in [0.25, 0.3) is 5.69 Å². The summed E-state index contributed by atoms with van der Waals surface area (Å²) in [5.74, 6) is -0.153. The van der Waals surface area contributed by atoms with Crippen LogP contribution in [-0.4, -0.2) is 15.7 Å². The van der Waals surface area contributed by atoms with Crippen LogP contribution < -0.4 is 5.32 Å². The molecule has 2 aromatic heterocycles. The number of carbonyl (C=O) groups is 1. The average molecular weight is 295 g/mol. The minimum absolute atomic E-state index is 0.153. The third-order valence-electron chi connectivity index (χ3n) is 3.65. The zero-order chi connectivity index (χ0) is 15.5. The average Bonchev–Trinajstić information content (AvgIpc) is 3.15. The van der Waals surface area contributed by atoms with E-state index in [9.17, 15) is 4.79 Å². The third kappa shape index (κ3) is 2.65. The second-order valence-corrected chi connectivity index (χ2v) is 5.09. The molecule has 0 aliphatic rings. The van der Waals surface area contributed by atoms with Crippen molar-refractivity contribution in [3.8, 4) is 5.69 Å². The molecule has 5 nitrogen and oxygen atoms in total. The van der Waals surface area contributed by atoms with E-state index in [-0.39, 0.29) is 5.91 Å². The van der Waals surface area contributed by atoms with Crippen molar-refractivity contribution in [1.29, 1.82) is 0 Å². The van der Waals surface area contributed by atoms with Gasteiger partial charge in [0.2, 0.25) is 0 Å². The van der Waals surface area contributed by atoms with Crippen molar-refractivity contribution in [3.05, 3.63) is 71.4 Å². The van der Waals surface area contributed by atoms with Gasteiger partial charge in [-0.1, -0.05) is 18.2 Å². The minimum atomic E-state index is -0.153. The van der Waals surface area contributed by atoms with Gasteiger partial charge in [0.1, 0.15) is 6.26 Å². The Balaban J connectivity index is 1.80. The Morgan fingerprint density at radius 1 is 1.23 bits per heavy atom. The number of para-hydroxylation sites is 1. The summed E-state index contributed by atoms with van der Waals surface area (Å²) in [6.07, 6.45) is 2.92. The fourth-order valence-corrected chi connectivity index (χ4v) is 2.42. The van der Waals surface area contributed by atoms with Crippen LogP contribution in [0, 0.1) is 13.8 Å². The molecule has 3 rings (SSSR count). The highest BCUT2D eigenvalue weighted by Gasteiger charge is 2.14. The Hall–Kier alpha value is -2.82. The van der Waals surface area contributed by atoms with Crippen molar-refractivity contribution in [3.63, 3.8) is 0 Å². The number of rotatable bonds is 4. The quantitative estimate of drug-likeness (QED) is 0.805. The first-order chi connectivity index (χ1) is 10.7. The van der Waals surface area contributed by atoms with Gasteiger partial charge in [-0.15, -0.1) is 0 Å². The number of aryl methyl sites for hydroxylation is 1. The lowest BCUT2D eigenvalue weighted by molar-refractivity contribution is 0.0950. The fourth-order valence-electron chi connectivity index (χ4n) is 2.42. The fraction of sp³-hybridized carbons (Fsp3) is 0.176. The van der Waals surface area contributed by atoms with Crippen LogP contribution in [0.5, 0.6) is 0 Å². The lowest BCUT2D eigenvalue weighted by Crippen LogP contribution is -2.22. The van der Waals surface area contributed by atoms with E-state index in [1.807, 2.05) is 48.9 Å². The molecule has 0 bridgehead atoms. The van der Waals surface area contributed by atoms with Gasteiger partial charge >= 0.3 is 0 Å². The maximum atomic E-state index is 12.0. The molecule has 1 aromatic carbocycles. The molecule has 0 aliphatic heterocycles. The number of furan rings is 1. The van der Waals surface area contributed by atoms with Gasteiger partial charge in [-0.05, 0) is 32.0 Å². The molecule has 1 N–H and O–H groups in total. The van der Waals surface area contributed by atoms with E-state index in [1.54, 1.807) is 6.07 Å². The summed E-state index contributed by atoms with van der Waals surface area (Å²) >= 11 is 0. The molecule has 0 fully saturated rings. The Bertz CT molecular complexity index is 774. The normalized spacial score (nSPS) is 10.6. The molecule has 0 spiro atoms. The van der Waals surface area contributed by atoms with Crippen LogP contribution in [-0.2, 0) is 6.54 Å². The van der Waals surface area contributed by atoms with Crippen molar-refractivity contribution >= 4 is 5.91 Å². The number of hydrogen-bond acceptors (Lipinski definition) is 3. The van der Waals surface area contributed by atoms with Gasteiger partial charge in [0.05, 0.1) is 23.2 Å². The van der Waals surface area contributed by atoms with Crippen LogP contribution in [0.15, 0.2) is 53.3 Å². The first-order valence-electron chi connectivity index (χ1n) is 7.07. The second kappa shape index (κ2) is 5.89. The number of hydrogen-bond donors (Lipinski definition) is 1. The molecule has 0 saturated heterocycles. The zero-order valence-corrected chi connectivity index (χ0v) is 12.5. The number of benzene rings is 1.